The molecule has 2 atom stereocenters. The van der Waals surface area contributed by atoms with Crippen LogP contribution < -0.4 is 10.6 Å². The molecule has 1 aliphatic heterocycles. The van der Waals surface area contributed by atoms with Crippen molar-refractivity contribution in [1.29, 1.82) is 0 Å². The summed E-state index contributed by atoms with van der Waals surface area (Å²) >= 11 is 0. The number of hydrogen-bond donors (Lipinski definition) is 2. The summed E-state index contributed by atoms with van der Waals surface area (Å²) < 4.78 is 5.23. The Morgan fingerprint density at radius 2 is 2.22 bits per heavy atom. The summed E-state index contributed by atoms with van der Waals surface area (Å²) in [5.41, 5.74) is 1.14. The van der Waals surface area contributed by atoms with Gasteiger partial charge in [0.2, 0.25) is 0 Å². The molecule has 1 heterocycles. The molecule has 2 unspecified atom stereocenters. The van der Waals surface area contributed by atoms with Crippen LogP contribution >= 0.6 is 0 Å². The first kappa shape index (κ1) is 12.9. The largest absolute Gasteiger partial charge is 0.379 e. The average Bonchev–Trinajstić information content (AvgIpc) is 2.90. The molecular formula is C14H20N2O2. The molecule has 0 saturated carbocycles. The number of ether oxygens (including phenoxy) is 1. The third-order valence-corrected chi connectivity index (χ3v) is 3.18. The Morgan fingerprint density at radius 1 is 1.44 bits per heavy atom. The van der Waals surface area contributed by atoms with Crippen molar-refractivity contribution < 1.29 is 9.53 Å². The zero-order valence-electron chi connectivity index (χ0n) is 10.7. The van der Waals surface area contributed by atoms with Gasteiger partial charge in [0.1, 0.15) is 0 Å². The van der Waals surface area contributed by atoms with Crippen LogP contribution in [0.25, 0.3) is 0 Å². The van der Waals surface area contributed by atoms with Gasteiger partial charge in [-0.3, -0.25) is 0 Å². The molecule has 2 N–H and O–H groups in total. The molecule has 4 nitrogen and oxygen atoms in total. The lowest BCUT2D eigenvalue weighted by atomic mass is 10.1. The van der Waals surface area contributed by atoms with E-state index < -0.39 is 0 Å². The van der Waals surface area contributed by atoms with Crippen LogP contribution in [0.3, 0.4) is 0 Å². The highest BCUT2D eigenvalue weighted by Gasteiger charge is 2.19. The van der Waals surface area contributed by atoms with Crippen LogP contribution in [-0.2, 0) is 4.74 Å². The molecule has 1 aromatic carbocycles. The van der Waals surface area contributed by atoms with Crippen molar-refractivity contribution in [3.63, 3.8) is 0 Å². The Bertz CT molecular complexity index is 375. The fraction of sp³-hybridized carbons (Fsp3) is 0.500. The average molecular weight is 248 g/mol. The van der Waals surface area contributed by atoms with Gasteiger partial charge < -0.3 is 15.4 Å². The Morgan fingerprint density at radius 3 is 2.83 bits per heavy atom. The summed E-state index contributed by atoms with van der Waals surface area (Å²) in [6.45, 7) is 3.42. The second-order valence-corrected chi connectivity index (χ2v) is 4.55. The molecule has 98 valence electrons. The van der Waals surface area contributed by atoms with E-state index in [1.54, 1.807) is 0 Å². The monoisotopic (exact) mass is 248 g/mol. The summed E-state index contributed by atoms with van der Waals surface area (Å²) in [6, 6.07) is 10.1. The van der Waals surface area contributed by atoms with E-state index in [-0.39, 0.29) is 18.1 Å². The minimum Gasteiger partial charge on any atom is -0.379 e. The summed E-state index contributed by atoms with van der Waals surface area (Å²) in [7, 11) is 0. The van der Waals surface area contributed by atoms with Crippen LogP contribution in [-0.4, -0.2) is 25.3 Å². The number of urea groups is 1. The quantitative estimate of drug-likeness (QED) is 0.858. The van der Waals surface area contributed by atoms with Crippen LogP contribution in [0, 0.1) is 0 Å². The molecule has 18 heavy (non-hydrogen) atoms. The molecule has 0 radical (unpaired) electrons. The smallest absolute Gasteiger partial charge is 0.315 e. The lowest BCUT2D eigenvalue weighted by Gasteiger charge is -2.19. The van der Waals surface area contributed by atoms with Crippen molar-refractivity contribution in [1.82, 2.24) is 10.6 Å². The number of carbonyl (C=O) groups is 1. The first-order valence-electron chi connectivity index (χ1n) is 6.49. The van der Waals surface area contributed by atoms with Crippen molar-refractivity contribution in [3.05, 3.63) is 35.9 Å². The van der Waals surface area contributed by atoms with Crippen LogP contribution in [0.5, 0.6) is 0 Å². The van der Waals surface area contributed by atoms with E-state index in [1.807, 2.05) is 30.3 Å². The highest BCUT2D eigenvalue weighted by Crippen LogP contribution is 2.15. The van der Waals surface area contributed by atoms with Gasteiger partial charge in [-0.25, -0.2) is 4.79 Å². The Kier molecular flexibility index (Phi) is 4.59. The Hall–Kier alpha value is -1.55. The van der Waals surface area contributed by atoms with Gasteiger partial charge >= 0.3 is 6.03 Å². The number of benzene rings is 1. The summed E-state index contributed by atoms with van der Waals surface area (Å²) in [6.07, 6.45) is 1.77. The molecule has 1 aliphatic rings. The van der Waals surface area contributed by atoms with Crippen LogP contribution in [0.1, 0.15) is 31.4 Å². The number of carbonyl (C=O) groups excluding carboxylic acids is 1. The van der Waals surface area contributed by atoms with E-state index in [0.29, 0.717) is 6.61 Å². The molecule has 0 spiro atoms. The molecule has 0 bridgehead atoms. The van der Waals surface area contributed by atoms with Gasteiger partial charge in [-0.05, 0) is 18.4 Å². The molecule has 0 aromatic heterocycles. The second-order valence-electron chi connectivity index (χ2n) is 4.55. The van der Waals surface area contributed by atoms with Crippen molar-refractivity contribution in [2.24, 2.45) is 0 Å². The maximum absolute atomic E-state index is 11.9. The van der Waals surface area contributed by atoms with E-state index in [9.17, 15) is 4.79 Å². The number of nitrogens with one attached hydrogen (secondary N) is 2. The standard InChI is InChI=1S/C14H20N2O2/c1-2-13(11-6-4-3-5-7-11)16-14(17)15-12-8-9-18-10-12/h3-7,12-13H,2,8-10H2,1H3,(H2,15,16,17). The van der Waals surface area contributed by atoms with Gasteiger partial charge in [0.15, 0.2) is 0 Å². The van der Waals surface area contributed by atoms with Crippen molar-refractivity contribution in [3.8, 4) is 0 Å². The van der Waals surface area contributed by atoms with Gasteiger partial charge in [0.25, 0.3) is 0 Å². The fourth-order valence-corrected chi connectivity index (χ4v) is 2.14. The lowest BCUT2D eigenvalue weighted by Crippen LogP contribution is -2.43. The minimum absolute atomic E-state index is 0.0634. The summed E-state index contributed by atoms with van der Waals surface area (Å²) in [5.74, 6) is 0. The molecule has 1 fully saturated rings. The first-order valence-corrected chi connectivity index (χ1v) is 6.49. The summed E-state index contributed by atoms with van der Waals surface area (Å²) in [5, 5.41) is 5.94. The van der Waals surface area contributed by atoms with E-state index >= 15 is 0 Å². The first-order chi connectivity index (χ1) is 8.79. The third kappa shape index (κ3) is 3.47. The van der Waals surface area contributed by atoms with Crippen LogP contribution in [0.4, 0.5) is 4.79 Å². The molecule has 1 saturated heterocycles. The second kappa shape index (κ2) is 6.40. The molecule has 0 aliphatic carbocycles. The normalized spacial score (nSPS) is 20.4. The number of amides is 2. The van der Waals surface area contributed by atoms with Gasteiger partial charge in [0, 0.05) is 6.61 Å². The van der Waals surface area contributed by atoms with E-state index in [1.165, 1.54) is 0 Å². The zero-order chi connectivity index (χ0) is 12.8. The Labute approximate surface area is 108 Å². The predicted octanol–water partition coefficient (Wildman–Crippen LogP) is 2.23. The van der Waals surface area contributed by atoms with E-state index in [2.05, 4.69) is 17.6 Å². The van der Waals surface area contributed by atoms with Gasteiger partial charge in [0.05, 0.1) is 18.7 Å². The minimum atomic E-state index is -0.110. The van der Waals surface area contributed by atoms with Gasteiger partial charge in [-0.1, -0.05) is 37.3 Å². The maximum atomic E-state index is 11.9. The van der Waals surface area contributed by atoms with Crippen LogP contribution in [0.2, 0.25) is 0 Å². The SMILES string of the molecule is CCC(NC(=O)NC1CCOC1)c1ccccc1. The third-order valence-electron chi connectivity index (χ3n) is 3.18. The summed E-state index contributed by atoms with van der Waals surface area (Å²) in [4.78, 5) is 11.9. The number of rotatable bonds is 4. The molecule has 2 rings (SSSR count). The highest BCUT2D eigenvalue weighted by molar-refractivity contribution is 5.74. The molecular weight excluding hydrogens is 228 g/mol. The molecule has 1 aromatic rings. The lowest BCUT2D eigenvalue weighted by molar-refractivity contribution is 0.188. The van der Waals surface area contributed by atoms with Crippen molar-refractivity contribution >= 4 is 6.03 Å². The highest BCUT2D eigenvalue weighted by atomic mass is 16.5. The molecule has 4 heteroatoms. The molecule has 2 amide bonds. The van der Waals surface area contributed by atoms with E-state index in [4.69, 9.17) is 4.74 Å². The van der Waals surface area contributed by atoms with Gasteiger partial charge in [-0.15, -0.1) is 0 Å². The maximum Gasteiger partial charge on any atom is 0.315 e. The Balaban J connectivity index is 1.87. The van der Waals surface area contributed by atoms with E-state index in [0.717, 1.165) is 25.0 Å². The predicted molar refractivity (Wildman–Crippen MR) is 70.4 cm³/mol. The van der Waals surface area contributed by atoms with Gasteiger partial charge in [-0.2, -0.15) is 0 Å². The zero-order valence-corrected chi connectivity index (χ0v) is 10.7. The van der Waals surface area contributed by atoms with Crippen molar-refractivity contribution in [2.45, 2.75) is 31.8 Å². The fourth-order valence-electron chi connectivity index (χ4n) is 2.14. The number of hydrogen-bond acceptors (Lipinski definition) is 2. The van der Waals surface area contributed by atoms with Crippen molar-refractivity contribution in [2.75, 3.05) is 13.2 Å². The van der Waals surface area contributed by atoms with Crippen LogP contribution in [0.15, 0.2) is 30.3 Å². The topological polar surface area (TPSA) is 50.4 Å².